The van der Waals surface area contributed by atoms with Crippen LogP contribution in [0.5, 0.6) is 0 Å². The second-order valence-electron chi connectivity index (χ2n) is 9.30. The Bertz CT molecular complexity index is 1140. The molecule has 0 radical (unpaired) electrons. The Morgan fingerprint density at radius 3 is 2.29 bits per heavy atom. The van der Waals surface area contributed by atoms with Gasteiger partial charge in [-0.05, 0) is 63.0 Å². The van der Waals surface area contributed by atoms with Gasteiger partial charge in [-0.15, -0.1) is 0 Å². The van der Waals surface area contributed by atoms with Crippen molar-refractivity contribution in [3.05, 3.63) is 89.2 Å². The highest BCUT2D eigenvalue weighted by atomic mass is 32.2. The van der Waals surface area contributed by atoms with Crippen LogP contribution < -0.4 is 4.72 Å². The lowest BCUT2D eigenvalue weighted by atomic mass is 9.92. The van der Waals surface area contributed by atoms with Crippen LogP contribution in [-0.2, 0) is 23.0 Å². The van der Waals surface area contributed by atoms with Gasteiger partial charge in [0.05, 0.1) is 11.9 Å². The lowest BCUT2D eigenvalue weighted by Crippen LogP contribution is -2.36. The van der Waals surface area contributed by atoms with E-state index in [1.54, 1.807) is 0 Å². The van der Waals surface area contributed by atoms with Crippen molar-refractivity contribution >= 4 is 10.0 Å². The predicted molar refractivity (Wildman–Crippen MR) is 137 cm³/mol. The molecule has 4 rings (SSSR count). The van der Waals surface area contributed by atoms with Crippen molar-refractivity contribution in [2.75, 3.05) is 25.9 Å². The Kier molecular flexibility index (Phi) is 8.19. The van der Waals surface area contributed by atoms with Crippen molar-refractivity contribution in [2.24, 2.45) is 0 Å². The number of likely N-dealkylation sites (tertiary alicyclic amines) is 1. The quantitative estimate of drug-likeness (QED) is 0.468. The van der Waals surface area contributed by atoms with E-state index in [1.165, 1.54) is 17.5 Å². The first-order valence-electron chi connectivity index (χ1n) is 12.3. The summed E-state index contributed by atoms with van der Waals surface area (Å²) in [4.78, 5) is 2.47. The Hall–Kier alpha value is -2.48. The summed E-state index contributed by atoms with van der Waals surface area (Å²) < 4.78 is 28.8. The van der Waals surface area contributed by atoms with E-state index in [-0.39, 0.29) is 6.04 Å². The molecule has 1 unspecified atom stereocenters. The Labute approximate surface area is 204 Å². The minimum absolute atomic E-state index is 0.198. The summed E-state index contributed by atoms with van der Waals surface area (Å²) in [6.07, 6.45) is 5.07. The molecule has 182 valence electrons. The summed E-state index contributed by atoms with van der Waals surface area (Å²) in [5.41, 5.74) is 4.80. The summed E-state index contributed by atoms with van der Waals surface area (Å²) >= 11 is 0. The van der Waals surface area contributed by atoms with E-state index >= 15 is 0 Å². The molecule has 2 aromatic carbocycles. The monoisotopic (exact) mass is 480 g/mol. The fourth-order valence-corrected chi connectivity index (χ4v) is 5.73. The lowest BCUT2D eigenvalue weighted by molar-refractivity contribution is 0.201. The molecule has 6 nitrogen and oxygen atoms in total. The number of hydrogen-bond acceptors (Lipinski definition) is 4. The zero-order valence-electron chi connectivity index (χ0n) is 20.2. The van der Waals surface area contributed by atoms with Gasteiger partial charge in [0, 0.05) is 30.6 Å². The van der Waals surface area contributed by atoms with E-state index < -0.39 is 10.0 Å². The molecule has 34 heavy (non-hydrogen) atoms. The van der Waals surface area contributed by atoms with Crippen LogP contribution in [0.2, 0.25) is 0 Å². The van der Waals surface area contributed by atoms with Crippen molar-refractivity contribution in [1.82, 2.24) is 19.4 Å². The molecule has 0 saturated carbocycles. The third kappa shape index (κ3) is 6.78. The highest BCUT2D eigenvalue weighted by Gasteiger charge is 2.25. The molecule has 1 aliphatic rings. The third-order valence-electron chi connectivity index (χ3n) is 6.69. The Balaban J connectivity index is 1.35. The van der Waals surface area contributed by atoms with E-state index in [9.17, 15) is 8.42 Å². The van der Waals surface area contributed by atoms with Crippen LogP contribution in [0.4, 0.5) is 0 Å². The molecular weight excluding hydrogens is 444 g/mol. The van der Waals surface area contributed by atoms with E-state index in [1.807, 2.05) is 36.4 Å². The SMILES string of the molecule is CCn1nc(Cc2ccccc2)cc1C1CCN(CCC(NS(C)(=O)=O)c2ccccc2)CC1. The summed E-state index contributed by atoms with van der Waals surface area (Å²) in [6.45, 7) is 5.97. The average Bonchev–Trinajstić information content (AvgIpc) is 3.25. The molecule has 0 amide bonds. The zero-order chi connectivity index (χ0) is 24.0. The van der Waals surface area contributed by atoms with Gasteiger partial charge < -0.3 is 4.90 Å². The number of aryl methyl sites for hydroxylation is 1. The molecule has 0 aliphatic carbocycles. The first-order chi connectivity index (χ1) is 16.4. The smallest absolute Gasteiger partial charge is 0.209 e. The van der Waals surface area contributed by atoms with Crippen LogP contribution >= 0.6 is 0 Å². The summed E-state index contributed by atoms with van der Waals surface area (Å²) in [7, 11) is -3.28. The maximum absolute atomic E-state index is 11.9. The number of sulfonamides is 1. The molecule has 0 bridgehead atoms. The highest BCUT2D eigenvalue weighted by Crippen LogP contribution is 2.30. The van der Waals surface area contributed by atoms with Crippen molar-refractivity contribution in [2.45, 2.75) is 51.1 Å². The van der Waals surface area contributed by atoms with Crippen molar-refractivity contribution in [3.63, 3.8) is 0 Å². The topological polar surface area (TPSA) is 67.2 Å². The molecule has 1 aliphatic heterocycles. The minimum Gasteiger partial charge on any atom is -0.303 e. The molecule has 1 saturated heterocycles. The number of rotatable bonds is 10. The van der Waals surface area contributed by atoms with E-state index in [2.05, 4.69) is 51.6 Å². The van der Waals surface area contributed by atoms with Crippen molar-refractivity contribution < 1.29 is 8.42 Å². The summed E-state index contributed by atoms with van der Waals surface area (Å²) in [5.74, 6) is 0.521. The number of nitrogens with one attached hydrogen (secondary N) is 1. The number of piperidine rings is 1. The minimum atomic E-state index is -3.28. The van der Waals surface area contributed by atoms with Gasteiger partial charge in [-0.2, -0.15) is 5.10 Å². The predicted octanol–water partition coefficient (Wildman–Crippen LogP) is 4.35. The van der Waals surface area contributed by atoms with Crippen LogP contribution in [0, 0.1) is 0 Å². The number of benzene rings is 2. The van der Waals surface area contributed by atoms with Gasteiger partial charge in [0.1, 0.15) is 0 Å². The van der Waals surface area contributed by atoms with Crippen LogP contribution in [0.25, 0.3) is 0 Å². The second kappa shape index (κ2) is 11.3. The first-order valence-corrected chi connectivity index (χ1v) is 14.2. The third-order valence-corrected chi connectivity index (χ3v) is 7.40. The van der Waals surface area contributed by atoms with E-state index in [0.29, 0.717) is 5.92 Å². The number of nitrogens with zero attached hydrogens (tertiary/aromatic N) is 3. The maximum Gasteiger partial charge on any atom is 0.209 e. The Morgan fingerprint density at radius 2 is 1.68 bits per heavy atom. The number of hydrogen-bond donors (Lipinski definition) is 1. The van der Waals surface area contributed by atoms with E-state index in [4.69, 9.17) is 5.10 Å². The maximum atomic E-state index is 11.9. The highest BCUT2D eigenvalue weighted by molar-refractivity contribution is 7.88. The van der Waals surface area contributed by atoms with Gasteiger partial charge in [-0.1, -0.05) is 60.7 Å². The number of aromatic nitrogens is 2. The van der Waals surface area contributed by atoms with Crippen LogP contribution in [-0.4, -0.2) is 49.0 Å². The van der Waals surface area contributed by atoms with Crippen LogP contribution in [0.1, 0.15) is 60.7 Å². The molecule has 1 aromatic heterocycles. The van der Waals surface area contributed by atoms with Gasteiger partial charge in [0.25, 0.3) is 0 Å². The molecular formula is C27H36N4O2S. The molecule has 7 heteroatoms. The molecule has 1 N–H and O–H groups in total. The first kappa shape index (κ1) is 24.6. The summed E-state index contributed by atoms with van der Waals surface area (Å²) in [5, 5.41) is 4.88. The molecule has 2 heterocycles. The molecule has 1 atom stereocenters. The molecule has 0 spiro atoms. The van der Waals surface area contributed by atoms with Crippen LogP contribution in [0.15, 0.2) is 66.7 Å². The molecule has 1 fully saturated rings. The molecule has 3 aromatic rings. The van der Waals surface area contributed by atoms with Gasteiger partial charge in [-0.3, -0.25) is 4.68 Å². The van der Waals surface area contributed by atoms with Gasteiger partial charge in [-0.25, -0.2) is 13.1 Å². The fourth-order valence-electron chi connectivity index (χ4n) is 4.96. The lowest BCUT2D eigenvalue weighted by Gasteiger charge is -2.33. The van der Waals surface area contributed by atoms with Crippen molar-refractivity contribution in [1.29, 1.82) is 0 Å². The van der Waals surface area contributed by atoms with Gasteiger partial charge >= 0.3 is 0 Å². The van der Waals surface area contributed by atoms with Gasteiger partial charge in [0.2, 0.25) is 10.0 Å². The Morgan fingerprint density at radius 1 is 1.03 bits per heavy atom. The largest absolute Gasteiger partial charge is 0.303 e. The van der Waals surface area contributed by atoms with Crippen LogP contribution in [0.3, 0.4) is 0 Å². The second-order valence-corrected chi connectivity index (χ2v) is 11.1. The summed E-state index contributed by atoms with van der Waals surface area (Å²) in [6, 6.07) is 22.5. The average molecular weight is 481 g/mol. The van der Waals surface area contributed by atoms with Crippen molar-refractivity contribution in [3.8, 4) is 0 Å². The standard InChI is InChI=1S/C27H36N4O2S/c1-3-31-27(21-25(28-31)20-22-10-6-4-7-11-22)24-14-17-30(18-15-24)19-16-26(29-34(2,32)33)23-12-8-5-9-13-23/h4-13,21,24,26,29H,3,14-20H2,1-2H3. The zero-order valence-corrected chi connectivity index (χ0v) is 21.0. The van der Waals surface area contributed by atoms with E-state index in [0.717, 1.165) is 63.1 Å². The fraction of sp³-hybridized carbons (Fsp3) is 0.444. The normalized spacial score (nSPS) is 16.5. The van der Waals surface area contributed by atoms with Gasteiger partial charge in [0.15, 0.2) is 0 Å².